The van der Waals surface area contributed by atoms with Crippen molar-refractivity contribution in [3.8, 4) is 11.8 Å². The SMILES string of the molecule is N#Cc1ccc(OC(=O)c2ccc(CCCCCCCCCc3cccc(F)c3)cc2F)cc1F. The molecule has 0 bridgehead atoms. The third-order valence-corrected chi connectivity index (χ3v) is 5.84. The van der Waals surface area contributed by atoms with Crippen molar-refractivity contribution in [3.05, 3.63) is 100 Å². The zero-order valence-electron chi connectivity index (χ0n) is 19.5. The van der Waals surface area contributed by atoms with E-state index < -0.39 is 17.6 Å². The van der Waals surface area contributed by atoms with Crippen molar-refractivity contribution in [2.24, 2.45) is 0 Å². The molecule has 3 aromatic carbocycles. The number of rotatable bonds is 12. The van der Waals surface area contributed by atoms with E-state index in [1.54, 1.807) is 24.3 Å². The molecule has 0 saturated carbocycles. The number of benzene rings is 3. The number of esters is 1. The minimum atomic E-state index is -0.921. The second-order valence-corrected chi connectivity index (χ2v) is 8.56. The highest BCUT2D eigenvalue weighted by molar-refractivity contribution is 5.91. The van der Waals surface area contributed by atoms with Gasteiger partial charge in [-0.15, -0.1) is 0 Å². The summed E-state index contributed by atoms with van der Waals surface area (Å²) in [5, 5.41) is 8.75. The van der Waals surface area contributed by atoms with Gasteiger partial charge >= 0.3 is 5.97 Å². The monoisotopic (exact) mass is 479 g/mol. The standard InChI is InChI=1S/C29H28F3NO2/c30-24-12-8-11-21(17-24)9-6-4-2-1-3-5-7-10-22-13-16-26(28(32)18-22)29(34)35-25-15-14-23(20-33)27(31)19-25/h8,11-19H,1-7,9-10H2. The number of hydrogen-bond donors (Lipinski definition) is 0. The van der Waals surface area contributed by atoms with Gasteiger partial charge in [0.15, 0.2) is 0 Å². The molecule has 3 aromatic rings. The van der Waals surface area contributed by atoms with Crippen molar-refractivity contribution in [2.75, 3.05) is 0 Å². The van der Waals surface area contributed by atoms with Crippen LogP contribution in [0.2, 0.25) is 0 Å². The summed E-state index contributed by atoms with van der Waals surface area (Å²) in [6.45, 7) is 0. The zero-order valence-corrected chi connectivity index (χ0v) is 19.5. The molecule has 0 N–H and O–H groups in total. The molecule has 0 aromatic heterocycles. The van der Waals surface area contributed by atoms with Crippen LogP contribution in [0.25, 0.3) is 0 Å². The summed E-state index contributed by atoms with van der Waals surface area (Å²) < 4.78 is 46.3. The third-order valence-electron chi connectivity index (χ3n) is 5.84. The minimum Gasteiger partial charge on any atom is -0.423 e. The van der Waals surface area contributed by atoms with Crippen LogP contribution in [0.4, 0.5) is 13.2 Å². The second kappa shape index (κ2) is 13.3. The number of aryl methyl sites for hydroxylation is 2. The van der Waals surface area contributed by atoms with E-state index in [1.807, 2.05) is 6.07 Å². The maximum absolute atomic E-state index is 14.5. The Kier molecular flexibility index (Phi) is 9.92. The fourth-order valence-corrected chi connectivity index (χ4v) is 3.93. The molecule has 3 nitrogen and oxygen atoms in total. The lowest BCUT2D eigenvalue weighted by molar-refractivity contribution is 0.0729. The van der Waals surface area contributed by atoms with Gasteiger partial charge in [0.05, 0.1) is 11.1 Å². The number of carbonyl (C=O) groups excluding carboxylic acids is 1. The first-order valence-corrected chi connectivity index (χ1v) is 11.9. The predicted molar refractivity (Wildman–Crippen MR) is 129 cm³/mol. The van der Waals surface area contributed by atoms with Crippen molar-refractivity contribution in [1.29, 1.82) is 5.26 Å². The minimum absolute atomic E-state index is 0.0936. The van der Waals surface area contributed by atoms with E-state index in [1.165, 1.54) is 30.3 Å². The lowest BCUT2D eigenvalue weighted by atomic mass is 10.0. The first-order valence-electron chi connectivity index (χ1n) is 11.9. The molecule has 0 aliphatic heterocycles. The van der Waals surface area contributed by atoms with E-state index in [0.29, 0.717) is 6.42 Å². The van der Waals surface area contributed by atoms with Crippen molar-refractivity contribution in [2.45, 2.75) is 57.8 Å². The fraction of sp³-hybridized carbons (Fsp3) is 0.310. The molecule has 0 unspecified atom stereocenters. The summed E-state index contributed by atoms with van der Waals surface area (Å²) in [5.41, 5.74) is 1.45. The van der Waals surface area contributed by atoms with Gasteiger partial charge in [-0.25, -0.2) is 18.0 Å². The van der Waals surface area contributed by atoms with Gasteiger partial charge in [-0.3, -0.25) is 0 Å². The molecular formula is C29H28F3NO2. The maximum Gasteiger partial charge on any atom is 0.346 e. The Hall–Kier alpha value is -3.59. The second-order valence-electron chi connectivity index (χ2n) is 8.56. The molecule has 0 radical (unpaired) electrons. The molecule has 0 fully saturated rings. The van der Waals surface area contributed by atoms with E-state index >= 15 is 0 Å². The third kappa shape index (κ3) is 8.29. The van der Waals surface area contributed by atoms with E-state index in [9.17, 15) is 18.0 Å². The number of halogens is 3. The van der Waals surface area contributed by atoms with Crippen molar-refractivity contribution >= 4 is 5.97 Å². The normalized spacial score (nSPS) is 10.7. The maximum atomic E-state index is 14.5. The van der Waals surface area contributed by atoms with Crippen LogP contribution in [0.15, 0.2) is 60.7 Å². The van der Waals surface area contributed by atoms with Crippen molar-refractivity contribution in [3.63, 3.8) is 0 Å². The number of hydrogen-bond acceptors (Lipinski definition) is 3. The van der Waals surface area contributed by atoms with E-state index in [0.717, 1.165) is 68.6 Å². The van der Waals surface area contributed by atoms with Gasteiger partial charge in [-0.05, 0) is 73.2 Å². The Morgan fingerprint density at radius 2 is 1.40 bits per heavy atom. The van der Waals surface area contributed by atoms with Crippen LogP contribution in [-0.2, 0) is 12.8 Å². The quantitative estimate of drug-likeness (QED) is 0.152. The molecule has 6 heteroatoms. The zero-order chi connectivity index (χ0) is 25.0. The molecule has 0 saturated heterocycles. The van der Waals surface area contributed by atoms with Crippen LogP contribution in [0.3, 0.4) is 0 Å². The number of ether oxygens (including phenoxy) is 1. The molecule has 0 heterocycles. The van der Waals surface area contributed by atoms with E-state index in [-0.39, 0.29) is 22.7 Å². The summed E-state index contributed by atoms with van der Waals surface area (Å²) in [6, 6.07) is 16.3. The molecule has 0 aliphatic carbocycles. The number of nitriles is 1. The topological polar surface area (TPSA) is 50.1 Å². The lowest BCUT2D eigenvalue weighted by Crippen LogP contribution is -2.11. The van der Waals surface area contributed by atoms with Crippen LogP contribution in [0, 0.1) is 28.8 Å². The highest BCUT2D eigenvalue weighted by Crippen LogP contribution is 2.20. The number of unbranched alkanes of at least 4 members (excludes halogenated alkanes) is 6. The van der Waals surface area contributed by atoms with Gasteiger partial charge in [0, 0.05) is 6.07 Å². The van der Waals surface area contributed by atoms with Gasteiger partial charge in [0.25, 0.3) is 0 Å². The van der Waals surface area contributed by atoms with Crippen molar-refractivity contribution < 1.29 is 22.7 Å². The van der Waals surface area contributed by atoms with Crippen LogP contribution in [0.1, 0.15) is 72.0 Å². The average Bonchev–Trinajstić information content (AvgIpc) is 2.83. The fourth-order valence-electron chi connectivity index (χ4n) is 3.93. The molecular weight excluding hydrogens is 451 g/mol. The molecule has 0 amide bonds. The molecule has 3 rings (SSSR count). The highest BCUT2D eigenvalue weighted by Gasteiger charge is 2.16. The Bertz CT molecular complexity index is 1190. The van der Waals surface area contributed by atoms with Crippen LogP contribution >= 0.6 is 0 Å². The summed E-state index contributed by atoms with van der Waals surface area (Å²) in [4.78, 5) is 12.2. The number of nitrogens with zero attached hydrogens (tertiary/aromatic N) is 1. The van der Waals surface area contributed by atoms with Gasteiger partial charge in [-0.1, -0.05) is 50.3 Å². The Morgan fingerprint density at radius 3 is 2.00 bits per heavy atom. The van der Waals surface area contributed by atoms with Crippen LogP contribution in [-0.4, -0.2) is 5.97 Å². The Balaban J connectivity index is 1.33. The van der Waals surface area contributed by atoms with Gasteiger partial charge < -0.3 is 4.74 Å². The molecule has 35 heavy (non-hydrogen) atoms. The largest absolute Gasteiger partial charge is 0.423 e. The lowest BCUT2D eigenvalue weighted by Gasteiger charge is -2.08. The summed E-state index contributed by atoms with van der Waals surface area (Å²) in [6.07, 6.45) is 9.14. The van der Waals surface area contributed by atoms with Gasteiger partial charge in [0.2, 0.25) is 0 Å². The Labute approximate surface area is 204 Å². The van der Waals surface area contributed by atoms with E-state index in [2.05, 4.69) is 0 Å². The molecule has 0 spiro atoms. The molecule has 182 valence electrons. The Morgan fingerprint density at radius 1 is 0.743 bits per heavy atom. The predicted octanol–water partition coefficient (Wildman–Crippen LogP) is 7.71. The molecule has 0 atom stereocenters. The summed E-state index contributed by atoms with van der Waals surface area (Å²) >= 11 is 0. The van der Waals surface area contributed by atoms with Gasteiger partial charge in [-0.2, -0.15) is 5.26 Å². The summed E-state index contributed by atoms with van der Waals surface area (Å²) in [7, 11) is 0. The molecule has 0 aliphatic rings. The van der Waals surface area contributed by atoms with E-state index in [4.69, 9.17) is 10.00 Å². The first-order chi connectivity index (χ1) is 17.0. The summed E-state index contributed by atoms with van der Waals surface area (Å²) in [5.74, 6) is -2.69. The first kappa shape index (κ1) is 26.0. The van der Waals surface area contributed by atoms with Gasteiger partial charge in [0.1, 0.15) is 29.3 Å². The average molecular weight is 480 g/mol. The van der Waals surface area contributed by atoms with Crippen LogP contribution < -0.4 is 4.74 Å². The van der Waals surface area contributed by atoms with Crippen LogP contribution in [0.5, 0.6) is 5.75 Å². The highest BCUT2D eigenvalue weighted by atomic mass is 19.1. The number of carbonyl (C=O) groups is 1. The smallest absolute Gasteiger partial charge is 0.346 e. The van der Waals surface area contributed by atoms with Crippen molar-refractivity contribution in [1.82, 2.24) is 0 Å².